The fourth-order valence-electron chi connectivity index (χ4n) is 2.68. The van der Waals surface area contributed by atoms with Crippen molar-refractivity contribution >= 4 is 5.78 Å². The van der Waals surface area contributed by atoms with Crippen molar-refractivity contribution in [1.29, 1.82) is 0 Å². The quantitative estimate of drug-likeness (QED) is 0.666. The predicted octanol–water partition coefficient (Wildman–Crippen LogP) is 3.58. The molecular formula is C16H14O. The number of rotatable bonds is 0. The summed E-state index contributed by atoms with van der Waals surface area (Å²) in [5.41, 5.74) is 4.49. The van der Waals surface area contributed by atoms with E-state index in [1.165, 1.54) is 11.1 Å². The molecule has 0 saturated carbocycles. The summed E-state index contributed by atoms with van der Waals surface area (Å²) in [7, 11) is 0. The van der Waals surface area contributed by atoms with Crippen LogP contribution < -0.4 is 0 Å². The first-order valence-electron chi connectivity index (χ1n) is 5.97. The molecule has 0 saturated heterocycles. The number of ketones is 1. The number of fused-ring (bicyclic) bond motifs is 2. The van der Waals surface area contributed by atoms with Crippen LogP contribution >= 0.6 is 0 Å². The normalized spacial score (nSPS) is 18.2. The molecule has 17 heavy (non-hydrogen) atoms. The molecule has 0 amide bonds. The molecule has 1 heteroatoms. The lowest BCUT2D eigenvalue weighted by Crippen LogP contribution is -2.03. The van der Waals surface area contributed by atoms with E-state index in [1.807, 2.05) is 30.3 Å². The van der Waals surface area contributed by atoms with E-state index in [-0.39, 0.29) is 5.78 Å². The highest BCUT2D eigenvalue weighted by Gasteiger charge is 2.23. The van der Waals surface area contributed by atoms with Gasteiger partial charge in [-0.2, -0.15) is 0 Å². The SMILES string of the molecule is CC1c2ccccc2CC(=O)c2ccccc21. The van der Waals surface area contributed by atoms with Crippen molar-refractivity contribution in [3.8, 4) is 0 Å². The fourth-order valence-corrected chi connectivity index (χ4v) is 2.68. The third-order valence-corrected chi connectivity index (χ3v) is 3.60. The first-order valence-corrected chi connectivity index (χ1v) is 5.97. The summed E-state index contributed by atoms with van der Waals surface area (Å²) in [5.74, 6) is 0.534. The summed E-state index contributed by atoms with van der Waals surface area (Å²) < 4.78 is 0. The Morgan fingerprint density at radius 1 is 0.941 bits per heavy atom. The van der Waals surface area contributed by atoms with E-state index in [9.17, 15) is 4.79 Å². The Hall–Kier alpha value is -1.89. The minimum Gasteiger partial charge on any atom is -0.294 e. The van der Waals surface area contributed by atoms with E-state index < -0.39 is 0 Å². The third-order valence-electron chi connectivity index (χ3n) is 3.60. The Morgan fingerprint density at radius 3 is 2.41 bits per heavy atom. The van der Waals surface area contributed by atoms with Gasteiger partial charge in [0.25, 0.3) is 0 Å². The van der Waals surface area contributed by atoms with Gasteiger partial charge in [-0.15, -0.1) is 0 Å². The van der Waals surface area contributed by atoms with Gasteiger partial charge in [-0.3, -0.25) is 4.79 Å². The first kappa shape index (κ1) is 10.3. The van der Waals surface area contributed by atoms with Gasteiger partial charge < -0.3 is 0 Å². The van der Waals surface area contributed by atoms with Gasteiger partial charge in [0, 0.05) is 17.9 Å². The van der Waals surface area contributed by atoms with Crippen LogP contribution in [-0.2, 0) is 6.42 Å². The molecule has 1 nitrogen and oxygen atoms in total. The Labute approximate surface area is 101 Å². The lowest BCUT2D eigenvalue weighted by atomic mass is 9.90. The molecule has 2 aromatic rings. The Kier molecular flexibility index (Phi) is 2.32. The van der Waals surface area contributed by atoms with E-state index in [0.717, 1.165) is 11.1 Å². The second-order valence-electron chi connectivity index (χ2n) is 4.61. The molecular weight excluding hydrogens is 208 g/mol. The minimum atomic E-state index is 0.234. The van der Waals surface area contributed by atoms with Crippen LogP contribution in [0, 0.1) is 0 Å². The average Bonchev–Trinajstić information content (AvgIpc) is 2.48. The van der Waals surface area contributed by atoms with Gasteiger partial charge in [0.05, 0.1) is 0 Å². The zero-order chi connectivity index (χ0) is 11.8. The molecule has 1 atom stereocenters. The molecule has 1 aliphatic carbocycles. The van der Waals surface area contributed by atoms with Crippen LogP contribution in [-0.4, -0.2) is 5.78 Å². The first-order chi connectivity index (χ1) is 8.27. The summed E-state index contributed by atoms with van der Waals surface area (Å²) >= 11 is 0. The number of carbonyl (C=O) groups excluding carboxylic acids is 1. The van der Waals surface area contributed by atoms with E-state index >= 15 is 0 Å². The standard InChI is InChI=1S/C16H14O/c1-11-13-7-3-2-6-12(13)10-16(17)15-9-5-4-8-14(11)15/h2-9,11H,10H2,1H3. The summed E-state index contributed by atoms with van der Waals surface area (Å²) in [6.45, 7) is 2.18. The molecule has 1 aliphatic rings. The molecule has 0 aromatic heterocycles. The van der Waals surface area contributed by atoms with Crippen LogP contribution in [0.4, 0.5) is 0 Å². The van der Waals surface area contributed by atoms with Crippen LogP contribution in [0.3, 0.4) is 0 Å². The number of carbonyl (C=O) groups is 1. The lowest BCUT2D eigenvalue weighted by molar-refractivity contribution is 0.0993. The zero-order valence-corrected chi connectivity index (χ0v) is 9.81. The summed E-state index contributed by atoms with van der Waals surface area (Å²) in [6, 6.07) is 16.2. The molecule has 0 fully saturated rings. The van der Waals surface area contributed by atoms with Gasteiger partial charge in [0.2, 0.25) is 0 Å². The van der Waals surface area contributed by atoms with E-state index in [1.54, 1.807) is 0 Å². The smallest absolute Gasteiger partial charge is 0.167 e. The molecule has 2 aromatic carbocycles. The number of benzene rings is 2. The Morgan fingerprint density at radius 2 is 1.59 bits per heavy atom. The molecule has 0 N–H and O–H groups in total. The van der Waals surface area contributed by atoms with Gasteiger partial charge in [0.1, 0.15) is 0 Å². The van der Waals surface area contributed by atoms with Crippen molar-refractivity contribution < 1.29 is 4.79 Å². The summed E-state index contributed by atoms with van der Waals surface area (Å²) in [6.07, 6.45) is 0.525. The van der Waals surface area contributed by atoms with Gasteiger partial charge in [-0.1, -0.05) is 55.5 Å². The van der Waals surface area contributed by atoms with E-state index in [2.05, 4.69) is 25.1 Å². The molecule has 0 heterocycles. The van der Waals surface area contributed by atoms with Crippen LogP contribution in [0.25, 0.3) is 0 Å². The predicted molar refractivity (Wildman–Crippen MR) is 68.4 cm³/mol. The number of hydrogen-bond donors (Lipinski definition) is 0. The van der Waals surface area contributed by atoms with Crippen LogP contribution in [0.2, 0.25) is 0 Å². The highest BCUT2D eigenvalue weighted by molar-refractivity contribution is 6.00. The average molecular weight is 222 g/mol. The maximum absolute atomic E-state index is 12.2. The lowest BCUT2D eigenvalue weighted by Gasteiger charge is -2.14. The summed E-state index contributed by atoms with van der Waals surface area (Å²) in [4.78, 5) is 12.2. The van der Waals surface area contributed by atoms with Gasteiger partial charge >= 0.3 is 0 Å². The molecule has 0 bridgehead atoms. The minimum absolute atomic E-state index is 0.234. The highest BCUT2D eigenvalue weighted by Crippen LogP contribution is 2.33. The largest absolute Gasteiger partial charge is 0.294 e. The van der Waals surface area contributed by atoms with Crippen molar-refractivity contribution in [3.05, 3.63) is 70.8 Å². The Balaban J connectivity index is 2.26. The Bertz CT molecular complexity index is 584. The second kappa shape index (κ2) is 3.85. The van der Waals surface area contributed by atoms with Crippen LogP contribution in [0.5, 0.6) is 0 Å². The number of Topliss-reactive ketones (excluding diaryl/α,β-unsaturated/α-hetero) is 1. The fraction of sp³-hybridized carbons (Fsp3) is 0.188. The van der Waals surface area contributed by atoms with E-state index in [0.29, 0.717) is 12.3 Å². The molecule has 0 spiro atoms. The maximum atomic E-state index is 12.2. The second-order valence-corrected chi connectivity index (χ2v) is 4.61. The topological polar surface area (TPSA) is 17.1 Å². The van der Waals surface area contributed by atoms with Gasteiger partial charge in [-0.05, 0) is 16.7 Å². The zero-order valence-electron chi connectivity index (χ0n) is 9.81. The molecule has 0 radical (unpaired) electrons. The maximum Gasteiger partial charge on any atom is 0.167 e. The highest BCUT2D eigenvalue weighted by atomic mass is 16.1. The van der Waals surface area contributed by atoms with Gasteiger partial charge in [0.15, 0.2) is 5.78 Å². The third kappa shape index (κ3) is 1.59. The molecule has 0 aliphatic heterocycles. The van der Waals surface area contributed by atoms with E-state index in [4.69, 9.17) is 0 Å². The molecule has 3 rings (SSSR count). The van der Waals surface area contributed by atoms with Crippen LogP contribution in [0.1, 0.15) is 39.9 Å². The van der Waals surface area contributed by atoms with Crippen molar-refractivity contribution in [2.45, 2.75) is 19.3 Å². The van der Waals surface area contributed by atoms with Crippen LogP contribution in [0.15, 0.2) is 48.5 Å². The summed E-state index contributed by atoms with van der Waals surface area (Å²) in [5, 5.41) is 0. The van der Waals surface area contributed by atoms with Crippen molar-refractivity contribution in [2.24, 2.45) is 0 Å². The van der Waals surface area contributed by atoms with Crippen molar-refractivity contribution in [3.63, 3.8) is 0 Å². The van der Waals surface area contributed by atoms with Crippen molar-refractivity contribution in [1.82, 2.24) is 0 Å². The van der Waals surface area contributed by atoms with Gasteiger partial charge in [-0.25, -0.2) is 0 Å². The number of hydrogen-bond acceptors (Lipinski definition) is 1. The molecule has 84 valence electrons. The van der Waals surface area contributed by atoms with Crippen molar-refractivity contribution in [2.75, 3.05) is 0 Å². The monoisotopic (exact) mass is 222 g/mol. The molecule has 1 unspecified atom stereocenters.